The highest BCUT2D eigenvalue weighted by atomic mass is 32.1. The van der Waals surface area contributed by atoms with Gasteiger partial charge in [-0.05, 0) is 39.3 Å². The summed E-state index contributed by atoms with van der Waals surface area (Å²) in [5, 5.41) is 6.31. The lowest BCUT2D eigenvalue weighted by atomic mass is 9.85. The number of hydrogen-bond acceptors (Lipinski definition) is 2. The number of aromatic nitrogens is 1. The average Bonchev–Trinajstić information content (AvgIpc) is 3.11. The summed E-state index contributed by atoms with van der Waals surface area (Å²) in [6.45, 7) is 6.82. The maximum Gasteiger partial charge on any atom is 0.124 e. The van der Waals surface area contributed by atoms with E-state index in [0.717, 1.165) is 10.5 Å². The Balaban J connectivity index is 1.87. The summed E-state index contributed by atoms with van der Waals surface area (Å²) >= 11 is 1.80. The first kappa shape index (κ1) is 16.5. The van der Waals surface area contributed by atoms with Crippen LogP contribution in [0.1, 0.15) is 26.3 Å². The molecule has 1 nitrogen and oxygen atoms in total. The molecule has 0 spiro atoms. The zero-order valence-electron chi connectivity index (χ0n) is 15.8. The molecule has 1 aromatic heterocycles. The molecule has 132 valence electrons. The second-order valence-corrected chi connectivity index (χ2v) is 9.15. The van der Waals surface area contributed by atoms with E-state index in [1.165, 1.54) is 37.4 Å². The lowest BCUT2D eigenvalue weighted by Crippen LogP contribution is -2.10. The summed E-state index contributed by atoms with van der Waals surface area (Å²) in [5.74, 6) is 0. The molecular weight excluding hydrogens is 346 g/mol. The fourth-order valence-electron chi connectivity index (χ4n) is 3.69. The van der Waals surface area contributed by atoms with Crippen molar-refractivity contribution >= 4 is 43.1 Å². The summed E-state index contributed by atoms with van der Waals surface area (Å²) < 4.78 is 1.28. The zero-order chi connectivity index (χ0) is 18.6. The Morgan fingerprint density at radius 3 is 2.26 bits per heavy atom. The van der Waals surface area contributed by atoms with Crippen molar-refractivity contribution in [3.8, 4) is 10.6 Å². The van der Waals surface area contributed by atoms with Crippen molar-refractivity contribution in [2.45, 2.75) is 26.2 Å². The highest BCUT2D eigenvalue weighted by Crippen LogP contribution is 2.39. The summed E-state index contributed by atoms with van der Waals surface area (Å²) in [5.41, 5.74) is 3.77. The Morgan fingerprint density at radius 2 is 1.48 bits per heavy atom. The number of hydrogen-bond donors (Lipinski definition) is 0. The van der Waals surface area contributed by atoms with Crippen molar-refractivity contribution in [3.63, 3.8) is 0 Å². The van der Waals surface area contributed by atoms with Crippen LogP contribution in [0.2, 0.25) is 0 Å². The minimum Gasteiger partial charge on any atom is -0.236 e. The van der Waals surface area contributed by atoms with Gasteiger partial charge in [-0.3, -0.25) is 0 Å². The predicted molar refractivity (Wildman–Crippen MR) is 119 cm³/mol. The predicted octanol–water partition coefficient (Wildman–Crippen LogP) is 7.57. The summed E-state index contributed by atoms with van der Waals surface area (Å²) in [6, 6.07) is 26.2. The molecule has 4 aromatic carbocycles. The summed E-state index contributed by atoms with van der Waals surface area (Å²) in [4.78, 5) is 4.93. The van der Waals surface area contributed by atoms with Gasteiger partial charge in [0.2, 0.25) is 0 Å². The van der Waals surface area contributed by atoms with Gasteiger partial charge in [-0.1, -0.05) is 81.4 Å². The molecule has 0 atom stereocenters. The average molecular weight is 368 g/mol. The van der Waals surface area contributed by atoms with E-state index < -0.39 is 0 Å². The molecule has 27 heavy (non-hydrogen) atoms. The largest absolute Gasteiger partial charge is 0.236 e. The molecule has 0 aliphatic heterocycles. The molecule has 5 aromatic rings. The standard InChI is InChI=1S/C25H21NS/c1-25(2,3)19-13-11-16-9-10-17-12-14-21-23(22(17)20(16)15-19)27-24(26-21)18-7-5-4-6-8-18/h4-15H,1-3H3. The van der Waals surface area contributed by atoms with Crippen molar-refractivity contribution in [2.75, 3.05) is 0 Å². The van der Waals surface area contributed by atoms with Gasteiger partial charge < -0.3 is 0 Å². The molecule has 5 rings (SSSR count). The van der Waals surface area contributed by atoms with Crippen LogP contribution >= 0.6 is 11.3 Å². The van der Waals surface area contributed by atoms with Crippen LogP contribution < -0.4 is 0 Å². The maximum absolute atomic E-state index is 4.93. The topological polar surface area (TPSA) is 12.9 Å². The van der Waals surface area contributed by atoms with Crippen LogP contribution in [0.5, 0.6) is 0 Å². The van der Waals surface area contributed by atoms with Crippen LogP contribution in [-0.4, -0.2) is 4.98 Å². The highest BCUT2D eigenvalue weighted by Gasteiger charge is 2.16. The molecule has 0 aliphatic carbocycles. The third-order valence-corrected chi connectivity index (χ3v) is 6.38. The molecule has 0 bridgehead atoms. The van der Waals surface area contributed by atoms with Crippen LogP contribution in [0.15, 0.2) is 72.8 Å². The van der Waals surface area contributed by atoms with Crippen LogP contribution in [-0.2, 0) is 5.41 Å². The van der Waals surface area contributed by atoms with Crippen LogP contribution in [0, 0.1) is 0 Å². The van der Waals surface area contributed by atoms with Crippen LogP contribution in [0.25, 0.3) is 42.3 Å². The Bertz CT molecular complexity index is 1290. The minimum absolute atomic E-state index is 0.132. The Labute approximate surface area is 163 Å². The van der Waals surface area contributed by atoms with Gasteiger partial charge in [0, 0.05) is 10.9 Å². The Morgan fingerprint density at radius 1 is 0.778 bits per heavy atom. The van der Waals surface area contributed by atoms with Crippen molar-refractivity contribution in [2.24, 2.45) is 0 Å². The number of nitrogens with zero attached hydrogens (tertiary/aromatic N) is 1. The molecule has 1 heterocycles. The highest BCUT2D eigenvalue weighted by molar-refractivity contribution is 7.22. The van der Waals surface area contributed by atoms with Gasteiger partial charge in [-0.2, -0.15) is 0 Å². The first-order valence-corrected chi connectivity index (χ1v) is 10.1. The fraction of sp³-hybridized carbons (Fsp3) is 0.160. The normalized spacial score (nSPS) is 12.3. The van der Waals surface area contributed by atoms with E-state index >= 15 is 0 Å². The van der Waals surface area contributed by atoms with Gasteiger partial charge in [0.05, 0.1) is 10.2 Å². The van der Waals surface area contributed by atoms with Gasteiger partial charge in [0.25, 0.3) is 0 Å². The van der Waals surface area contributed by atoms with Crippen molar-refractivity contribution in [3.05, 3.63) is 78.4 Å². The molecule has 0 radical (unpaired) electrons. The molecule has 0 fully saturated rings. The number of benzene rings is 4. The minimum atomic E-state index is 0.132. The third-order valence-electron chi connectivity index (χ3n) is 5.24. The lowest BCUT2D eigenvalue weighted by molar-refractivity contribution is 0.591. The SMILES string of the molecule is CC(C)(C)c1ccc2ccc3ccc4nc(-c5ccccc5)sc4c3c2c1. The van der Waals surface area contributed by atoms with E-state index in [-0.39, 0.29) is 5.41 Å². The first-order valence-electron chi connectivity index (χ1n) is 9.33. The first-order chi connectivity index (χ1) is 13.0. The van der Waals surface area contributed by atoms with Gasteiger partial charge >= 0.3 is 0 Å². The summed E-state index contributed by atoms with van der Waals surface area (Å²) in [6.07, 6.45) is 0. The van der Waals surface area contributed by atoms with E-state index in [9.17, 15) is 0 Å². The van der Waals surface area contributed by atoms with Crippen molar-refractivity contribution < 1.29 is 0 Å². The van der Waals surface area contributed by atoms with Gasteiger partial charge in [0.15, 0.2) is 0 Å². The van der Waals surface area contributed by atoms with E-state index in [1.54, 1.807) is 11.3 Å². The monoisotopic (exact) mass is 367 g/mol. The van der Waals surface area contributed by atoms with Crippen LogP contribution in [0.4, 0.5) is 0 Å². The molecular formula is C25H21NS. The zero-order valence-corrected chi connectivity index (χ0v) is 16.6. The summed E-state index contributed by atoms with van der Waals surface area (Å²) in [7, 11) is 0. The van der Waals surface area contributed by atoms with Crippen molar-refractivity contribution in [1.82, 2.24) is 4.98 Å². The molecule has 0 aliphatic rings. The van der Waals surface area contributed by atoms with Gasteiger partial charge in [-0.15, -0.1) is 11.3 Å². The third kappa shape index (κ3) is 2.72. The second-order valence-electron chi connectivity index (χ2n) is 8.15. The van der Waals surface area contributed by atoms with Crippen molar-refractivity contribution in [1.29, 1.82) is 0 Å². The van der Waals surface area contributed by atoms with E-state index in [2.05, 4.69) is 87.5 Å². The molecule has 0 unspecified atom stereocenters. The smallest absolute Gasteiger partial charge is 0.124 e. The molecule has 0 amide bonds. The molecule has 0 saturated carbocycles. The van der Waals surface area contributed by atoms with Crippen LogP contribution in [0.3, 0.4) is 0 Å². The molecule has 2 heteroatoms. The molecule has 0 saturated heterocycles. The van der Waals surface area contributed by atoms with E-state index in [0.29, 0.717) is 0 Å². The van der Waals surface area contributed by atoms with Gasteiger partial charge in [-0.25, -0.2) is 4.98 Å². The molecule has 0 N–H and O–H groups in total. The lowest BCUT2D eigenvalue weighted by Gasteiger charge is -2.20. The Kier molecular flexibility index (Phi) is 3.60. The fourth-order valence-corrected chi connectivity index (χ4v) is 4.83. The number of rotatable bonds is 1. The quantitative estimate of drug-likeness (QED) is 0.278. The van der Waals surface area contributed by atoms with E-state index in [4.69, 9.17) is 4.98 Å². The number of fused-ring (bicyclic) bond motifs is 5. The number of thiazole rings is 1. The Hall–Kier alpha value is -2.71. The maximum atomic E-state index is 4.93. The van der Waals surface area contributed by atoms with E-state index in [1.807, 2.05) is 6.07 Å². The second kappa shape index (κ2) is 5.90. The van der Waals surface area contributed by atoms with Gasteiger partial charge in [0.1, 0.15) is 5.01 Å².